The molecule has 16 heavy (non-hydrogen) atoms. The largest absolute Gasteiger partial charge is 0.478 e. The third-order valence-electron chi connectivity index (χ3n) is 1.91. The summed E-state index contributed by atoms with van der Waals surface area (Å²) in [5, 5.41) is 11.4. The Morgan fingerprint density at radius 1 is 1.44 bits per heavy atom. The Labute approximate surface area is 94.3 Å². The van der Waals surface area contributed by atoms with E-state index in [9.17, 15) is 4.79 Å². The summed E-state index contributed by atoms with van der Waals surface area (Å²) >= 11 is 0. The van der Waals surface area contributed by atoms with Gasteiger partial charge in [0.2, 0.25) is 0 Å². The molecule has 0 bridgehead atoms. The highest BCUT2D eigenvalue weighted by Gasteiger charge is 1.97. The van der Waals surface area contributed by atoms with Gasteiger partial charge in [0.05, 0.1) is 12.1 Å². The van der Waals surface area contributed by atoms with Crippen LogP contribution in [-0.2, 0) is 0 Å². The number of carbonyl (C=O) groups is 1. The van der Waals surface area contributed by atoms with E-state index in [1.807, 2.05) is 0 Å². The zero-order valence-electron chi connectivity index (χ0n) is 8.89. The number of carboxylic acid groups (broad SMARTS) is 1. The van der Waals surface area contributed by atoms with Gasteiger partial charge in [-0.3, -0.25) is 4.99 Å². The molecule has 0 aliphatic carbocycles. The lowest BCUT2D eigenvalue weighted by molar-refractivity contribution is 0.0697. The molecule has 0 amide bonds. The normalized spacial score (nSPS) is 12.9. The van der Waals surface area contributed by atoms with Gasteiger partial charge < -0.3 is 10.4 Å². The number of hydrogen-bond acceptors (Lipinski definition) is 3. The fourth-order valence-electron chi connectivity index (χ4n) is 1.13. The SMILES string of the molecule is C=CC1=NCCN1.O=C(O)c1ccccc1. The topological polar surface area (TPSA) is 61.7 Å². The molecular weight excluding hydrogens is 204 g/mol. The third kappa shape index (κ3) is 3.96. The second-order valence-corrected chi connectivity index (χ2v) is 3.07. The molecule has 0 aromatic heterocycles. The van der Waals surface area contributed by atoms with Crippen LogP contribution in [0.3, 0.4) is 0 Å². The van der Waals surface area contributed by atoms with Crippen LogP contribution in [0.5, 0.6) is 0 Å². The number of rotatable bonds is 2. The van der Waals surface area contributed by atoms with Gasteiger partial charge in [0.25, 0.3) is 0 Å². The van der Waals surface area contributed by atoms with Crippen molar-refractivity contribution in [2.24, 2.45) is 4.99 Å². The first-order valence-electron chi connectivity index (χ1n) is 4.93. The zero-order valence-corrected chi connectivity index (χ0v) is 8.89. The highest BCUT2D eigenvalue weighted by atomic mass is 16.4. The van der Waals surface area contributed by atoms with Crippen LogP contribution in [0.25, 0.3) is 0 Å². The fraction of sp³-hybridized carbons (Fsp3) is 0.167. The average molecular weight is 218 g/mol. The highest BCUT2D eigenvalue weighted by molar-refractivity contribution is 5.93. The number of carboxylic acids is 1. The van der Waals surface area contributed by atoms with Gasteiger partial charge in [-0.05, 0) is 18.2 Å². The first-order valence-corrected chi connectivity index (χ1v) is 4.93. The smallest absolute Gasteiger partial charge is 0.335 e. The number of amidine groups is 1. The molecule has 84 valence electrons. The Morgan fingerprint density at radius 3 is 2.44 bits per heavy atom. The second-order valence-electron chi connectivity index (χ2n) is 3.07. The summed E-state index contributed by atoms with van der Waals surface area (Å²) in [5.74, 6) is 0.0515. The van der Waals surface area contributed by atoms with E-state index in [0.29, 0.717) is 5.56 Å². The molecule has 2 N–H and O–H groups in total. The summed E-state index contributed by atoms with van der Waals surface area (Å²) in [7, 11) is 0. The molecule has 0 saturated carbocycles. The number of aromatic carboxylic acids is 1. The Kier molecular flexibility index (Phi) is 4.79. The number of hydrogen-bond donors (Lipinski definition) is 2. The number of aliphatic imine (C=N–C) groups is 1. The molecular formula is C12H14N2O2. The summed E-state index contributed by atoms with van der Waals surface area (Å²) in [6.45, 7) is 5.43. The van der Waals surface area contributed by atoms with Crippen LogP contribution < -0.4 is 5.32 Å². The van der Waals surface area contributed by atoms with Gasteiger partial charge in [-0.25, -0.2) is 4.79 Å². The van der Waals surface area contributed by atoms with Crippen LogP contribution in [0.15, 0.2) is 48.0 Å². The Hall–Kier alpha value is -2.10. The predicted molar refractivity (Wildman–Crippen MR) is 63.9 cm³/mol. The molecule has 1 aliphatic rings. The standard InChI is InChI=1S/C7H6O2.C5H8N2/c8-7(9)6-4-2-1-3-5-6;1-2-5-6-3-4-7-5/h1-5H,(H,8,9);2H,1,3-4H2,(H,6,7). The Balaban J connectivity index is 0.000000165. The maximum Gasteiger partial charge on any atom is 0.335 e. The first-order chi connectivity index (χ1) is 7.74. The molecule has 4 nitrogen and oxygen atoms in total. The molecule has 0 fully saturated rings. The van der Waals surface area contributed by atoms with E-state index >= 15 is 0 Å². The fourth-order valence-corrected chi connectivity index (χ4v) is 1.13. The van der Waals surface area contributed by atoms with E-state index in [1.54, 1.807) is 36.4 Å². The predicted octanol–water partition coefficient (Wildman–Crippen LogP) is 1.56. The summed E-state index contributed by atoms with van der Waals surface area (Å²) in [6, 6.07) is 8.30. The van der Waals surface area contributed by atoms with Crippen molar-refractivity contribution < 1.29 is 9.90 Å². The molecule has 0 spiro atoms. The van der Waals surface area contributed by atoms with Crippen LogP contribution in [-0.4, -0.2) is 30.0 Å². The maximum absolute atomic E-state index is 10.2. The van der Waals surface area contributed by atoms with Crippen LogP contribution in [0.2, 0.25) is 0 Å². The summed E-state index contributed by atoms with van der Waals surface area (Å²) < 4.78 is 0. The van der Waals surface area contributed by atoms with Crippen LogP contribution in [0.1, 0.15) is 10.4 Å². The zero-order chi connectivity index (χ0) is 11.8. The van der Waals surface area contributed by atoms with Crippen molar-refractivity contribution in [3.05, 3.63) is 48.6 Å². The monoisotopic (exact) mass is 218 g/mol. The Bertz CT molecular complexity index is 385. The van der Waals surface area contributed by atoms with Gasteiger partial charge >= 0.3 is 5.97 Å². The second kappa shape index (κ2) is 6.40. The lowest BCUT2D eigenvalue weighted by Crippen LogP contribution is -2.15. The van der Waals surface area contributed by atoms with Gasteiger partial charge in [-0.15, -0.1) is 0 Å². The van der Waals surface area contributed by atoms with Gasteiger partial charge in [0, 0.05) is 6.54 Å². The molecule has 0 saturated heterocycles. The van der Waals surface area contributed by atoms with Crippen molar-refractivity contribution >= 4 is 11.8 Å². The van der Waals surface area contributed by atoms with Crippen molar-refractivity contribution in [3.8, 4) is 0 Å². The molecule has 1 aromatic rings. The molecule has 0 unspecified atom stereocenters. The molecule has 1 heterocycles. The van der Waals surface area contributed by atoms with E-state index in [2.05, 4.69) is 16.9 Å². The lowest BCUT2D eigenvalue weighted by atomic mass is 10.2. The van der Waals surface area contributed by atoms with Crippen LogP contribution in [0.4, 0.5) is 0 Å². The third-order valence-corrected chi connectivity index (χ3v) is 1.91. The van der Waals surface area contributed by atoms with E-state index < -0.39 is 5.97 Å². The maximum atomic E-state index is 10.2. The summed E-state index contributed by atoms with van der Waals surface area (Å²) in [6.07, 6.45) is 1.73. The minimum atomic E-state index is -0.879. The number of nitrogens with zero attached hydrogens (tertiary/aromatic N) is 1. The minimum absolute atomic E-state index is 0.331. The molecule has 2 rings (SSSR count). The molecule has 0 atom stereocenters. The highest BCUT2D eigenvalue weighted by Crippen LogP contribution is 1.96. The lowest BCUT2D eigenvalue weighted by Gasteiger charge is -1.88. The van der Waals surface area contributed by atoms with Crippen molar-refractivity contribution in [2.75, 3.05) is 13.1 Å². The first kappa shape index (κ1) is 12.0. The van der Waals surface area contributed by atoms with Gasteiger partial charge in [-0.1, -0.05) is 24.8 Å². The van der Waals surface area contributed by atoms with Gasteiger partial charge in [0.1, 0.15) is 5.84 Å². The Morgan fingerprint density at radius 2 is 2.12 bits per heavy atom. The van der Waals surface area contributed by atoms with Gasteiger partial charge in [-0.2, -0.15) is 0 Å². The molecule has 4 heteroatoms. The van der Waals surface area contributed by atoms with E-state index in [4.69, 9.17) is 5.11 Å². The van der Waals surface area contributed by atoms with Crippen molar-refractivity contribution in [1.29, 1.82) is 0 Å². The minimum Gasteiger partial charge on any atom is -0.478 e. The molecule has 1 aliphatic heterocycles. The summed E-state index contributed by atoms with van der Waals surface area (Å²) in [4.78, 5) is 14.2. The van der Waals surface area contributed by atoms with Crippen molar-refractivity contribution in [2.45, 2.75) is 0 Å². The molecule has 1 aromatic carbocycles. The summed E-state index contributed by atoms with van der Waals surface area (Å²) in [5.41, 5.74) is 0.331. The van der Waals surface area contributed by atoms with Crippen molar-refractivity contribution in [1.82, 2.24) is 5.32 Å². The quantitative estimate of drug-likeness (QED) is 0.791. The number of benzene rings is 1. The van der Waals surface area contributed by atoms with E-state index in [1.165, 1.54) is 0 Å². The van der Waals surface area contributed by atoms with E-state index in [0.717, 1.165) is 18.9 Å². The van der Waals surface area contributed by atoms with E-state index in [-0.39, 0.29) is 0 Å². The van der Waals surface area contributed by atoms with Crippen LogP contribution >= 0.6 is 0 Å². The molecule has 0 radical (unpaired) electrons. The van der Waals surface area contributed by atoms with Crippen LogP contribution in [0, 0.1) is 0 Å². The average Bonchev–Trinajstić information content (AvgIpc) is 2.84. The van der Waals surface area contributed by atoms with Crippen molar-refractivity contribution in [3.63, 3.8) is 0 Å². The number of nitrogens with one attached hydrogen (secondary N) is 1. The van der Waals surface area contributed by atoms with Gasteiger partial charge in [0.15, 0.2) is 0 Å².